The Balaban J connectivity index is 0.000000861. The van der Waals surface area contributed by atoms with Crippen LogP contribution >= 0.6 is 0 Å². The molecule has 1 heterocycles. The predicted octanol–water partition coefficient (Wildman–Crippen LogP) is 2.86. The van der Waals surface area contributed by atoms with Gasteiger partial charge in [-0.3, -0.25) is 10.1 Å². The zero-order valence-electron chi connectivity index (χ0n) is 11.9. The van der Waals surface area contributed by atoms with E-state index in [4.69, 9.17) is 5.73 Å². The topological polar surface area (TPSA) is 72.4 Å². The van der Waals surface area contributed by atoms with E-state index >= 15 is 0 Å². The summed E-state index contributed by atoms with van der Waals surface area (Å²) in [6, 6.07) is 5.21. The van der Waals surface area contributed by atoms with E-state index in [1.165, 1.54) is 0 Å². The molecule has 0 aliphatic carbocycles. The Labute approximate surface area is 114 Å². The third-order valence-electron chi connectivity index (χ3n) is 3.19. The van der Waals surface area contributed by atoms with Crippen LogP contribution in [0.4, 0.5) is 11.4 Å². The second-order valence-corrected chi connectivity index (χ2v) is 4.58. The molecule has 5 nitrogen and oxygen atoms in total. The fraction of sp³-hybridized carbons (Fsp3) is 0.571. The minimum absolute atomic E-state index is 0.146. The van der Waals surface area contributed by atoms with Crippen molar-refractivity contribution in [2.24, 2.45) is 5.73 Å². The van der Waals surface area contributed by atoms with Crippen LogP contribution in [-0.4, -0.2) is 24.1 Å². The molecular weight excluding hydrogens is 242 g/mol. The summed E-state index contributed by atoms with van der Waals surface area (Å²) in [5.74, 6) is 0. The molecule has 5 heteroatoms. The van der Waals surface area contributed by atoms with E-state index in [-0.39, 0.29) is 16.7 Å². The number of hydrogen-bond acceptors (Lipinski definition) is 4. The molecule has 1 saturated heterocycles. The lowest BCUT2D eigenvalue weighted by molar-refractivity contribution is -0.384. The summed E-state index contributed by atoms with van der Waals surface area (Å²) in [6.45, 7) is 7.72. The Hall–Kier alpha value is -1.62. The molecule has 1 unspecified atom stereocenters. The molecule has 2 N–H and O–H groups in total. The minimum Gasteiger partial charge on any atom is -0.370 e. The van der Waals surface area contributed by atoms with Gasteiger partial charge in [0.25, 0.3) is 5.69 Å². The summed E-state index contributed by atoms with van der Waals surface area (Å²) >= 11 is 0. The van der Waals surface area contributed by atoms with E-state index in [1.54, 1.807) is 12.1 Å². The first-order valence-electron chi connectivity index (χ1n) is 6.83. The van der Waals surface area contributed by atoms with Crippen LogP contribution in [0.2, 0.25) is 0 Å². The first-order chi connectivity index (χ1) is 9.08. The Bertz CT molecular complexity index is 435. The van der Waals surface area contributed by atoms with Crippen LogP contribution in [0, 0.1) is 17.0 Å². The Morgan fingerprint density at radius 1 is 1.42 bits per heavy atom. The van der Waals surface area contributed by atoms with Crippen molar-refractivity contribution in [1.29, 1.82) is 0 Å². The lowest BCUT2D eigenvalue weighted by Gasteiger charge is -2.33. The van der Waals surface area contributed by atoms with Crippen molar-refractivity contribution in [1.82, 2.24) is 0 Å². The summed E-state index contributed by atoms with van der Waals surface area (Å²) in [5, 5.41) is 10.7. The Morgan fingerprint density at radius 2 is 2.11 bits per heavy atom. The van der Waals surface area contributed by atoms with E-state index in [1.807, 2.05) is 26.8 Å². The van der Waals surface area contributed by atoms with Crippen molar-refractivity contribution in [3.05, 3.63) is 33.9 Å². The number of hydrogen-bond donors (Lipinski definition) is 1. The molecule has 2 rings (SSSR count). The predicted molar refractivity (Wildman–Crippen MR) is 78.6 cm³/mol. The molecule has 0 saturated carbocycles. The lowest BCUT2D eigenvalue weighted by Crippen LogP contribution is -2.43. The lowest BCUT2D eigenvalue weighted by atomic mass is 10.0. The van der Waals surface area contributed by atoms with Gasteiger partial charge in [0.2, 0.25) is 0 Å². The van der Waals surface area contributed by atoms with Gasteiger partial charge in [-0.05, 0) is 31.4 Å². The van der Waals surface area contributed by atoms with Gasteiger partial charge in [-0.15, -0.1) is 0 Å². The Kier molecular flexibility index (Phi) is 5.76. The number of rotatable bonds is 2. The highest BCUT2D eigenvalue weighted by Gasteiger charge is 2.19. The maximum Gasteiger partial charge on any atom is 0.269 e. The zero-order chi connectivity index (χ0) is 14.4. The van der Waals surface area contributed by atoms with Crippen LogP contribution in [0.1, 0.15) is 32.3 Å². The van der Waals surface area contributed by atoms with Crippen molar-refractivity contribution in [2.75, 3.05) is 18.0 Å². The second-order valence-electron chi connectivity index (χ2n) is 4.58. The monoisotopic (exact) mass is 265 g/mol. The van der Waals surface area contributed by atoms with Crippen LogP contribution in [0.5, 0.6) is 0 Å². The van der Waals surface area contributed by atoms with Crippen LogP contribution in [0.3, 0.4) is 0 Å². The number of anilines is 1. The molecule has 0 spiro atoms. The molecule has 1 fully saturated rings. The smallest absolute Gasteiger partial charge is 0.269 e. The van der Waals surface area contributed by atoms with Crippen LogP contribution in [-0.2, 0) is 0 Å². The van der Waals surface area contributed by atoms with Gasteiger partial charge < -0.3 is 10.6 Å². The standard InChI is InChI=1S/C12H17N3O2.C2H6/c1-9-7-11(15(16)17)4-5-12(9)14-6-2-3-10(13)8-14;1-2/h4-5,7,10H,2-3,6,8,13H2,1H3;1-2H3. The molecule has 1 atom stereocenters. The number of nitrogens with two attached hydrogens (primary N) is 1. The first kappa shape index (κ1) is 15.4. The summed E-state index contributed by atoms with van der Waals surface area (Å²) < 4.78 is 0. The third kappa shape index (κ3) is 3.92. The van der Waals surface area contributed by atoms with Crippen molar-refractivity contribution in [3.63, 3.8) is 0 Å². The van der Waals surface area contributed by atoms with Gasteiger partial charge in [-0.1, -0.05) is 13.8 Å². The number of nitro benzene ring substituents is 1. The first-order valence-corrected chi connectivity index (χ1v) is 6.83. The SMILES string of the molecule is CC.Cc1cc([N+](=O)[O-])ccc1N1CCCC(N)C1. The van der Waals surface area contributed by atoms with Crippen LogP contribution in [0.15, 0.2) is 18.2 Å². The van der Waals surface area contributed by atoms with Crippen molar-refractivity contribution in [2.45, 2.75) is 39.7 Å². The van der Waals surface area contributed by atoms with Gasteiger partial charge in [0.1, 0.15) is 0 Å². The number of piperidine rings is 1. The Morgan fingerprint density at radius 3 is 2.63 bits per heavy atom. The molecule has 0 aromatic heterocycles. The average molecular weight is 265 g/mol. The van der Waals surface area contributed by atoms with Gasteiger partial charge in [0, 0.05) is 37.0 Å². The van der Waals surface area contributed by atoms with E-state index in [0.29, 0.717) is 0 Å². The summed E-state index contributed by atoms with van der Waals surface area (Å²) in [5.41, 5.74) is 8.09. The van der Waals surface area contributed by atoms with Crippen LogP contribution in [0.25, 0.3) is 0 Å². The van der Waals surface area contributed by atoms with Crippen molar-refractivity contribution < 1.29 is 4.92 Å². The normalized spacial score (nSPS) is 18.5. The van der Waals surface area contributed by atoms with E-state index in [2.05, 4.69) is 4.90 Å². The van der Waals surface area contributed by atoms with Gasteiger partial charge in [-0.25, -0.2) is 0 Å². The van der Waals surface area contributed by atoms with Crippen molar-refractivity contribution >= 4 is 11.4 Å². The van der Waals surface area contributed by atoms with Gasteiger partial charge >= 0.3 is 0 Å². The average Bonchev–Trinajstić information content (AvgIpc) is 2.40. The van der Waals surface area contributed by atoms with Gasteiger partial charge in [0.05, 0.1) is 4.92 Å². The molecule has 1 aromatic rings. The summed E-state index contributed by atoms with van der Waals surface area (Å²) in [4.78, 5) is 12.5. The second kappa shape index (κ2) is 7.09. The molecule has 0 amide bonds. The number of nitrogens with zero attached hydrogens (tertiary/aromatic N) is 2. The maximum absolute atomic E-state index is 10.7. The minimum atomic E-state index is -0.362. The molecule has 1 aromatic carbocycles. The number of aryl methyl sites for hydroxylation is 1. The third-order valence-corrected chi connectivity index (χ3v) is 3.19. The molecule has 106 valence electrons. The molecule has 19 heavy (non-hydrogen) atoms. The van der Waals surface area contributed by atoms with E-state index < -0.39 is 0 Å². The highest BCUT2D eigenvalue weighted by atomic mass is 16.6. The van der Waals surface area contributed by atoms with E-state index in [9.17, 15) is 10.1 Å². The number of benzene rings is 1. The molecule has 0 bridgehead atoms. The summed E-state index contributed by atoms with van der Waals surface area (Å²) in [7, 11) is 0. The molecule has 1 aliphatic rings. The van der Waals surface area contributed by atoms with Gasteiger partial charge in [0.15, 0.2) is 0 Å². The fourth-order valence-corrected chi connectivity index (χ4v) is 2.34. The molecule has 0 radical (unpaired) electrons. The maximum atomic E-state index is 10.7. The fourth-order valence-electron chi connectivity index (χ4n) is 2.34. The van der Waals surface area contributed by atoms with Crippen LogP contribution < -0.4 is 10.6 Å². The number of nitro groups is 1. The number of non-ortho nitro benzene ring substituents is 1. The molecular formula is C14H23N3O2. The quantitative estimate of drug-likeness (QED) is 0.659. The zero-order valence-corrected chi connectivity index (χ0v) is 11.9. The molecule has 1 aliphatic heterocycles. The highest BCUT2D eigenvalue weighted by Crippen LogP contribution is 2.26. The van der Waals surface area contributed by atoms with Crippen molar-refractivity contribution in [3.8, 4) is 0 Å². The largest absolute Gasteiger partial charge is 0.370 e. The van der Waals surface area contributed by atoms with Gasteiger partial charge in [-0.2, -0.15) is 0 Å². The summed E-state index contributed by atoms with van der Waals surface area (Å²) in [6.07, 6.45) is 2.14. The van der Waals surface area contributed by atoms with E-state index in [0.717, 1.165) is 37.2 Å². The highest BCUT2D eigenvalue weighted by molar-refractivity contribution is 5.57.